The Balaban J connectivity index is 2.02. The summed E-state index contributed by atoms with van der Waals surface area (Å²) in [7, 11) is -2.13. The molecule has 0 bridgehead atoms. The summed E-state index contributed by atoms with van der Waals surface area (Å²) in [5, 5.41) is 0.903. The van der Waals surface area contributed by atoms with Crippen LogP contribution in [-0.4, -0.2) is 22.1 Å². The van der Waals surface area contributed by atoms with Gasteiger partial charge in [-0.05, 0) is 42.3 Å². The number of benzene rings is 2. The van der Waals surface area contributed by atoms with Gasteiger partial charge in [-0.25, -0.2) is 13.1 Å². The van der Waals surface area contributed by atoms with Crippen LogP contribution in [0.5, 0.6) is 5.75 Å². The Kier molecular flexibility index (Phi) is 5.69. The lowest BCUT2D eigenvalue weighted by atomic mass is 10.2. The van der Waals surface area contributed by atoms with Crippen molar-refractivity contribution in [3.05, 3.63) is 58.1 Å². The second-order valence-corrected chi connectivity index (χ2v) is 7.18. The fraction of sp³-hybridized carbons (Fsp3) is 0.200. The lowest BCUT2D eigenvalue weighted by molar-refractivity contribution is 0.414. The Labute approximate surface area is 140 Å². The van der Waals surface area contributed by atoms with E-state index in [9.17, 15) is 8.42 Å². The van der Waals surface area contributed by atoms with Crippen molar-refractivity contribution in [1.29, 1.82) is 0 Å². The minimum absolute atomic E-state index is 0.106. The molecule has 0 fully saturated rings. The number of rotatable bonds is 6. The average molecular weight is 360 g/mol. The second-order valence-electron chi connectivity index (χ2n) is 4.57. The van der Waals surface area contributed by atoms with Crippen LogP contribution in [0.15, 0.2) is 47.4 Å². The highest BCUT2D eigenvalue weighted by molar-refractivity contribution is 7.89. The zero-order chi connectivity index (χ0) is 16.2. The van der Waals surface area contributed by atoms with Crippen molar-refractivity contribution in [3.63, 3.8) is 0 Å². The summed E-state index contributed by atoms with van der Waals surface area (Å²) in [6.45, 7) is 0.285. The second kappa shape index (κ2) is 7.33. The smallest absolute Gasteiger partial charge is 0.240 e. The van der Waals surface area contributed by atoms with Crippen LogP contribution in [0, 0.1) is 0 Å². The van der Waals surface area contributed by atoms with Crippen molar-refractivity contribution in [2.24, 2.45) is 0 Å². The van der Waals surface area contributed by atoms with E-state index in [0.717, 1.165) is 5.56 Å². The van der Waals surface area contributed by atoms with Crippen molar-refractivity contribution in [2.75, 3.05) is 13.7 Å². The number of halogens is 2. The molecule has 0 atom stereocenters. The maximum Gasteiger partial charge on any atom is 0.240 e. The topological polar surface area (TPSA) is 55.4 Å². The van der Waals surface area contributed by atoms with Crippen molar-refractivity contribution >= 4 is 33.2 Å². The van der Waals surface area contributed by atoms with Gasteiger partial charge in [0.15, 0.2) is 0 Å². The minimum Gasteiger partial charge on any atom is -0.495 e. The van der Waals surface area contributed by atoms with Crippen LogP contribution in [0.25, 0.3) is 0 Å². The third kappa shape index (κ3) is 4.36. The third-order valence-electron chi connectivity index (χ3n) is 3.05. The molecular formula is C15H15Cl2NO3S. The third-order valence-corrected chi connectivity index (χ3v) is 5.06. The van der Waals surface area contributed by atoms with Gasteiger partial charge >= 0.3 is 0 Å². The molecule has 2 aromatic rings. The zero-order valence-corrected chi connectivity index (χ0v) is 14.2. The predicted molar refractivity (Wildman–Crippen MR) is 88.3 cm³/mol. The lowest BCUT2D eigenvalue weighted by Crippen LogP contribution is -2.26. The van der Waals surface area contributed by atoms with E-state index in [-0.39, 0.29) is 16.5 Å². The molecule has 0 aliphatic heterocycles. The molecule has 0 amide bonds. The monoisotopic (exact) mass is 359 g/mol. The SMILES string of the molecule is COc1ccc(S(=O)(=O)NCCc2ccc(Cl)cc2)cc1Cl. The van der Waals surface area contributed by atoms with Gasteiger partial charge in [0.1, 0.15) is 5.75 Å². The Morgan fingerprint density at radius 1 is 1.09 bits per heavy atom. The van der Waals surface area contributed by atoms with Crippen molar-refractivity contribution in [3.8, 4) is 5.75 Å². The number of nitrogens with one attached hydrogen (secondary N) is 1. The molecule has 22 heavy (non-hydrogen) atoms. The predicted octanol–water partition coefficient (Wildman–Crippen LogP) is 3.52. The van der Waals surface area contributed by atoms with Crippen LogP contribution in [0.2, 0.25) is 10.0 Å². The van der Waals surface area contributed by atoms with Crippen molar-refractivity contribution in [1.82, 2.24) is 4.72 Å². The van der Waals surface area contributed by atoms with E-state index < -0.39 is 10.0 Å². The zero-order valence-electron chi connectivity index (χ0n) is 11.8. The van der Waals surface area contributed by atoms with E-state index in [1.807, 2.05) is 12.1 Å². The molecule has 0 heterocycles. The molecule has 0 unspecified atom stereocenters. The summed E-state index contributed by atoms with van der Waals surface area (Å²) in [4.78, 5) is 0.106. The summed E-state index contributed by atoms with van der Waals surface area (Å²) in [6, 6.07) is 11.6. The lowest BCUT2D eigenvalue weighted by Gasteiger charge is -2.09. The maximum atomic E-state index is 12.2. The number of methoxy groups -OCH3 is 1. The first kappa shape index (κ1) is 17.1. The van der Waals surface area contributed by atoms with Gasteiger partial charge in [-0.1, -0.05) is 35.3 Å². The number of hydrogen-bond acceptors (Lipinski definition) is 3. The fourth-order valence-electron chi connectivity index (χ4n) is 1.88. The van der Waals surface area contributed by atoms with Crippen molar-refractivity contribution < 1.29 is 13.2 Å². The molecule has 0 saturated carbocycles. The first-order valence-electron chi connectivity index (χ1n) is 6.50. The number of hydrogen-bond donors (Lipinski definition) is 1. The summed E-state index contributed by atoms with van der Waals surface area (Å²) < 4.78 is 31.9. The Morgan fingerprint density at radius 2 is 1.77 bits per heavy atom. The Hall–Kier alpha value is -1.27. The van der Waals surface area contributed by atoms with E-state index >= 15 is 0 Å². The minimum atomic E-state index is -3.60. The summed E-state index contributed by atoms with van der Waals surface area (Å²) in [5.74, 6) is 0.432. The van der Waals surface area contributed by atoms with E-state index in [0.29, 0.717) is 17.2 Å². The first-order valence-corrected chi connectivity index (χ1v) is 8.74. The molecule has 1 N–H and O–H groups in total. The van der Waals surface area contributed by atoms with E-state index in [2.05, 4.69) is 4.72 Å². The van der Waals surface area contributed by atoms with Crippen LogP contribution in [0.4, 0.5) is 0 Å². The molecule has 0 aliphatic carbocycles. The van der Waals surface area contributed by atoms with Crippen LogP contribution in [0.1, 0.15) is 5.56 Å². The van der Waals surface area contributed by atoms with Crippen molar-refractivity contribution in [2.45, 2.75) is 11.3 Å². The normalized spacial score (nSPS) is 11.4. The van der Waals surface area contributed by atoms with Crippen LogP contribution in [-0.2, 0) is 16.4 Å². The highest BCUT2D eigenvalue weighted by atomic mass is 35.5. The first-order chi connectivity index (χ1) is 10.4. The van der Waals surface area contributed by atoms with Gasteiger partial charge in [0, 0.05) is 11.6 Å². The van der Waals surface area contributed by atoms with Crippen LogP contribution in [0.3, 0.4) is 0 Å². The van der Waals surface area contributed by atoms with E-state index in [4.69, 9.17) is 27.9 Å². The molecule has 0 radical (unpaired) electrons. The van der Waals surface area contributed by atoms with Gasteiger partial charge in [-0.15, -0.1) is 0 Å². The van der Waals surface area contributed by atoms with E-state index in [1.54, 1.807) is 12.1 Å². The summed E-state index contributed by atoms with van der Waals surface area (Å²) >= 11 is 11.8. The maximum absolute atomic E-state index is 12.2. The standard InChI is InChI=1S/C15H15Cl2NO3S/c1-21-15-7-6-13(10-14(15)17)22(19,20)18-9-8-11-2-4-12(16)5-3-11/h2-7,10,18H,8-9H2,1H3. The molecule has 0 saturated heterocycles. The largest absolute Gasteiger partial charge is 0.495 e. The quantitative estimate of drug-likeness (QED) is 0.858. The van der Waals surface area contributed by atoms with Gasteiger partial charge in [0.25, 0.3) is 0 Å². The fourth-order valence-corrected chi connectivity index (χ4v) is 3.38. The summed E-state index contributed by atoms with van der Waals surface area (Å²) in [6.07, 6.45) is 0.570. The molecule has 0 aliphatic rings. The molecule has 0 spiro atoms. The molecule has 7 heteroatoms. The number of ether oxygens (including phenoxy) is 1. The van der Waals surface area contributed by atoms with Gasteiger partial charge in [0.05, 0.1) is 17.0 Å². The Morgan fingerprint density at radius 3 is 2.36 bits per heavy atom. The average Bonchev–Trinajstić information content (AvgIpc) is 2.49. The molecule has 0 aromatic heterocycles. The van der Waals surface area contributed by atoms with Gasteiger partial charge in [-0.3, -0.25) is 0 Å². The molecule has 2 aromatic carbocycles. The number of sulfonamides is 1. The highest BCUT2D eigenvalue weighted by Gasteiger charge is 2.15. The van der Waals surface area contributed by atoms with Gasteiger partial charge < -0.3 is 4.74 Å². The molecular weight excluding hydrogens is 345 g/mol. The van der Waals surface area contributed by atoms with Gasteiger partial charge in [0.2, 0.25) is 10.0 Å². The summed E-state index contributed by atoms with van der Waals surface area (Å²) in [5.41, 5.74) is 1.000. The van der Waals surface area contributed by atoms with Crippen LogP contribution >= 0.6 is 23.2 Å². The Bertz CT molecular complexity index is 746. The highest BCUT2D eigenvalue weighted by Crippen LogP contribution is 2.26. The molecule has 4 nitrogen and oxygen atoms in total. The van der Waals surface area contributed by atoms with Crippen LogP contribution < -0.4 is 9.46 Å². The van der Waals surface area contributed by atoms with E-state index in [1.165, 1.54) is 25.3 Å². The molecule has 118 valence electrons. The van der Waals surface area contributed by atoms with Gasteiger partial charge in [-0.2, -0.15) is 0 Å². The molecule has 2 rings (SSSR count).